The van der Waals surface area contributed by atoms with Crippen molar-refractivity contribution in [3.05, 3.63) is 0 Å². The van der Waals surface area contributed by atoms with Crippen molar-refractivity contribution >= 4 is 36.6 Å². The Morgan fingerprint density at radius 2 is 1.69 bits per heavy atom. The van der Waals surface area contributed by atoms with E-state index in [4.69, 9.17) is 4.74 Å². The van der Waals surface area contributed by atoms with Crippen molar-refractivity contribution < 1.29 is 14.3 Å². The maximum atomic E-state index is 12.9. The van der Waals surface area contributed by atoms with Crippen LogP contribution in [0.2, 0.25) is 0 Å². The Morgan fingerprint density at radius 3 is 2.19 bits per heavy atom. The molecule has 0 radical (unpaired) electrons. The molecule has 2 saturated heterocycles. The lowest BCUT2D eigenvalue weighted by atomic mass is 9.90. The Morgan fingerprint density at radius 1 is 1.12 bits per heavy atom. The third-order valence-electron chi connectivity index (χ3n) is 5.64. The number of carbonyl (C=O) groups is 2. The van der Waals surface area contributed by atoms with Crippen LogP contribution >= 0.6 is 24.8 Å². The van der Waals surface area contributed by atoms with Crippen LogP contribution in [0.5, 0.6) is 0 Å². The SMILES string of the molecule is COC1(C(=O)N2CCN(C(C)C(=O)NC3CC3)CC2)CCNCC1.Cl.Cl. The van der Waals surface area contributed by atoms with Crippen molar-refractivity contribution in [1.82, 2.24) is 20.4 Å². The zero-order chi connectivity index (χ0) is 17.2. The standard InChI is InChI=1S/C17H30N4O3.2ClH/c1-13(15(22)19-14-3-4-14)20-9-11-21(12-10-20)16(23)17(24-2)5-7-18-8-6-17;;/h13-14,18H,3-12H2,1-2H3,(H,19,22);2*1H. The Bertz CT molecular complexity index is 477. The first-order valence-electron chi connectivity index (χ1n) is 9.15. The number of piperazine rings is 1. The number of carbonyl (C=O) groups excluding carboxylic acids is 2. The molecule has 26 heavy (non-hydrogen) atoms. The fourth-order valence-corrected chi connectivity index (χ4v) is 3.65. The predicted molar refractivity (Wildman–Crippen MR) is 105 cm³/mol. The summed E-state index contributed by atoms with van der Waals surface area (Å²) in [6.45, 7) is 6.40. The molecular weight excluding hydrogens is 379 g/mol. The van der Waals surface area contributed by atoms with E-state index < -0.39 is 5.60 Å². The number of methoxy groups -OCH3 is 1. The molecule has 2 amide bonds. The van der Waals surface area contributed by atoms with E-state index in [1.54, 1.807) is 7.11 Å². The maximum Gasteiger partial charge on any atom is 0.254 e. The summed E-state index contributed by atoms with van der Waals surface area (Å²) in [7, 11) is 1.64. The molecule has 3 aliphatic rings. The number of amides is 2. The Kier molecular flexibility index (Phi) is 9.09. The van der Waals surface area contributed by atoms with E-state index >= 15 is 0 Å². The van der Waals surface area contributed by atoms with Crippen molar-refractivity contribution in [2.75, 3.05) is 46.4 Å². The van der Waals surface area contributed by atoms with Gasteiger partial charge in [-0.2, -0.15) is 0 Å². The average molecular weight is 411 g/mol. The first kappa shape index (κ1) is 23.4. The van der Waals surface area contributed by atoms with Gasteiger partial charge in [-0.15, -0.1) is 24.8 Å². The third-order valence-corrected chi connectivity index (χ3v) is 5.64. The number of hydrogen-bond acceptors (Lipinski definition) is 5. The minimum absolute atomic E-state index is 0. The molecule has 3 rings (SSSR count). The largest absolute Gasteiger partial charge is 0.368 e. The van der Waals surface area contributed by atoms with Gasteiger partial charge in [0.25, 0.3) is 5.91 Å². The van der Waals surface area contributed by atoms with Gasteiger partial charge < -0.3 is 20.3 Å². The van der Waals surface area contributed by atoms with E-state index in [9.17, 15) is 9.59 Å². The molecule has 0 aromatic carbocycles. The summed E-state index contributed by atoms with van der Waals surface area (Å²) in [5, 5.41) is 6.35. The van der Waals surface area contributed by atoms with Crippen molar-refractivity contribution in [1.29, 1.82) is 0 Å². The highest BCUT2D eigenvalue weighted by Crippen LogP contribution is 2.26. The predicted octanol–water partition coefficient (Wildman–Crippen LogP) is 0.410. The monoisotopic (exact) mass is 410 g/mol. The third kappa shape index (κ3) is 5.23. The summed E-state index contributed by atoms with van der Waals surface area (Å²) in [6, 6.07) is 0.266. The second kappa shape index (κ2) is 10.1. The fraction of sp³-hybridized carbons (Fsp3) is 0.882. The summed E-state index contributed by atoms with van der Waals surface area (Å²) in [5.74, 6) is 0.227. The second-order valence-electron chi connectivity index (χ2n) is 7.24. The first-order chi connectivity index (χ1) is 11.6. The van der Waals surface area contributed by atoms with Crippen LogP contribution in [-0.2, 0) is 14.3 Å². The molecule has 7 nitrogen and oxygen atoms in total. The molecular formula is C17H32Cl2N4O3. The molecule has 2 heterocycles. The lowest BCUT2D eigenvalue weighted by molar-refractivity contribution is -0.160. The van der Waals surface area contributed by atoms with E-state index in [2.05, 4.69) is 15.5 Å². The Balaban J connectivity index is 0.00000169. The highest BCUT2D eigenvalue weighted by molar-refractivity contribution is 5.86. The van der Waals surface area contributed by atoms with Crippen molar-refractivity contribution in [3.63, 3.8) is 0 Å². The summed E-state index contributed by atoms with van der Waals surface area (Å²) < 4.78 is 5.65. The summed E-state index contributed by atoms with van der Waals surface area (Å²) in [5.41, 5.74) is -0.664. The molecule has 3 fully saturated rings. The van der Waals surface area contributed by atoms with E-state index in [1.807, 2.05) is 11.8 Å². The van der Waals surface area contributed by atoms with Crippen molar-refractivity contribution in [2.24, 2.45) is 0 Å². The van der Waals surface area contributed by atoms with Crippen LogP contribution in [0.15, 0.2) is 0 Å². The van der Waals surface area contributed by atoms with Gasteiger partial charge in [0.1, 0.15) is 5.60 Å². The van der Waals surface area contributed by atoms with Crippen LogP contribution in [-0.4, -0.2) is 85.7 Å². The van der Waals surface area contributed by atoms with Gasteiger partial charge in [0.15, 0.2) is 0 Å². The Labute approximate surface area is 168 Å². The maximum absolute atomic E-state index is 12.9. The number of nitrogens with zero attached hydrogens (tertiary/aromatic N) is 2. The van der Waals surface area contributed by atoms with Crippen LogP contribution in [0.25, 0.3) is 0 Å². The van der Waals surface area contributed by atoms with Gasteiger partial charge in [0.2, 0.25) is 5.91 Å². The molecule has 9 heteroatoms. The number of ether oxygens (including phenoxy) is 1. The zero-order valence-electron chi connectivity index (χ0n) is 15.7. The van der Waals surface area contributed by atoms with E-state index in [1.165, 1.54) is 0 Å². The van der Waals surface area contributed by atoms with Gasteiger partial charge in [0, 0.05) is 39.3 Å². The molecule has 0 aromatic rings. The van der Waals surface area contributed by atoms with Gasteiger partial charge in [0.05, 0.1) is 6.04 Å². The lowest BCUT2D eigenvalue weighted by Crippen LogP contribution is -2.61. The second-order valence-corrected chi connectivity index (χ2v) is 7.24. The van der Waals surface area contributed by atoms with Gasteiger partial charge in [-0.05, 0) is 45.7 Å². The van der Waals surface area contributed by atoms with Gasteiger partial charge >= 0.3 is 0 Å². The summed E-state index contributed by atoms with van der Waals surface area (Å²) in [4.78, 5) is 29.2. The summed E-state index contributed by atoms with van der Waals surface area (Å²) >= 11 is 0. The van der Waals surface area contributed by atoms with Crippen LogP contribution in [0, 0.1) is 0 Å². The number of piperidine rings is 1. The average Bonchev–Trinajstić information content (AvgIpc) is 3.45. The quantitative estimate of drug-likeness (QED) is 0.686. The highest BCUT2D eigenvalue weighted by Gasteiger charge is 2.43. The molecule has 2 aliphatic heterocycles. The molecule has 1 atom stereocenters. The van der Waals surface area contributed by atoms with Gasteiger partial charge in [-0.25, -0.2) is 0 Å². The highest BCUT2D eigenvalue weighted by atomic mass is 35.5. The van der Waals surface area contributed by atoms with Crippen LogP contribution in [0.3, 0.4) is 0 Å². The minimum Gasteiger partial charge on any atom is -0.368 e. The van der Waals surface area contributed by atoms with E-state index in [0.29, 0.717) is 19.1 Å². The molecule has 0 aromatic heterocycles. The number of hydrogen-bond donors (Lipinski definition) is 2. The van der Waals surface area contributed by atoms with Crippen LogP contribution < -0.4 is 10.6 Å². The van der Waals surface area contributed by atoms with E-state index in [-0.39, 0.29) is 42.7 Å². The van der Waals surface area contributed by atoms with Crippen molar-refractivity contribution in [3.8, 4) is 0 Å². The Hall–Kier alpha value is -0.600. The number of nitrogens with one attached hydrogen (secondary N) is 2. The molecule has 0 spiro atoms. The molecule has 152 valence electrons. The van der Waals surface area contributed by atoms with Crippen molar-refractivity contribution in [2.45, 2.75) is 50.3 Å². The smallest absolute Gasteiger partial charge is 0.254 e. The van der Waals surface area contributed by atoms with Gasteiger partial charge in [-0.3, -0.25) is 14.5 Å². The minimum atomic E-state index is -0.664. The molecule has 1 unspecified atom stereocenters. The van der Waals surface area contributed by atoms with Crippen LogP contribution in [0.4, 0.5) is 0 Å². The number of rotatable bonds is 5. The fourth-order valence-electron chi connectivity index (χ4n) is 3.65. The topological polar surface area (TPSA) is 73.9 Å². The molecule has 1 saturated carbocycles. The normalized spacial score (nSPS) is 24.0. The summed E-state index contributed by atoms with van der Waals surface area (Å²) in [6.07, 6.45) is 3.66. The van der Waals surface area contributed by atoms with Gasteiger partial charge in [-0.1, -0.05) is 0 Å². The zero-order valence-corrected chi connectivity index (χ0v) is 17.3. The molecule has 1 aliphatic carbocycles. The number of halogens is 2. The van der Waals surface area contributed by atoms with E-state index in [0.717, 1.165) is 51.9 Å². The van der Waals surface area contributed by atoms with Crippen LogP contribution in [0.1, 0.15) is 32.6 Å². The molecule has 0 bridgehead atoms. The lowest BCUT2D eigenvalue weighted by Gasteiger charge is -2.43. The first-order valence-corrected chi connectivity index (χ1v) is 9.15. The molecule has 2 N–H and O–H groups in total.